The molecule has 0 radical (unpaired) electrons. The van der Waals surface area contributed by atoms with Crippen molar-refractivity contribution < 1.29 is 0 Å². The van der Waals surface area contributed by atoms with Gasteiger partial charge in [-0.2, -0.15) is 0 Å². The maximum Gasteiger partial charge on any atom is 0.0713 e. The lowest BCUT2D eigenvalue weighted by molar-refractivity contribution is 0.660. The summed E-state index contributed by atoms with van der Waals surface area (Å²) in [7, 11) is 0. The molecule has 1 nitrogen and oxygen atoms in total. The zero-order valence-electron chi connectivity index (χ0n) is 39.7. The highest BCUT2D eigenvalue weighted by atomic mass is 15.1. The summed E-state index contributed by atoms with van der Waals surface area (Å²) < 4.78 is 0. The maximum atomic E-state index is 4.02. The number of hydrogen-bond acceptors (Lipinski definition) is 1. The molecule has 13 rings (SSSR count). The Balaban J connectivity index is 0.942. The third kappa shape index (κ3) is 6.45. The molecule has 0 amide bonds. The van der Waals surface area contributed by atoms with E-state index in [-0.39, 0.29) is 5.41 Å². The number of nitrogens with zero attached hydrogens (tertiary/aromatic N) is 1. The topological polar surface area (TPSA) is 3.24 Å². The number of hydrogen-bond donors (Lipinski definition) is 0. The second-order valence-electron chi connectivity index (χ2n) is 20.1. The molecule has 1 heteroatoms. The Bertz CT molecular complexity index is 3580. The number of anilines is 3. The fourth-order valence-electron chi connectivity index (χ4n) is 12.4. The van der Waals surface area contributed by atoms with Gasteiger partial charge in [0, 0.05) is 22.5 Å². The summed E-state index contributed by atoms with van der Waals surface area (Å²) in [6.45, 7) is 12.7. The van der Waals surface area contributed by atoms with Crippen LogP contribution in [-0.4, -0.2) is 0 Å². The molecule has 0 bridgehead atoms. The van der Waals surface area contributed by atoms with Gasteiger partial charge in [-0.25, -0.2) is 0 Å². The van der Waals surface area contributed by atoms with Crippen molar-refractivity contribution in [1.29, 1.82) is 0 Å². The SMILES string of the molecule is C=C/C=C(\C=C)c1ccc(-c2ccc(N(c3ccc4c(c3)-c3ccccc3C4(c3ccccc3)c3ccccc3)c3ccc4c(c3)C(C)(C)c3cc(-c5ccc6c(c5)C5CC5C=C6)ccc3-4)cc2)cc1. The van der Waals surface area contributed by atoms with Crippen LogP contribution in [-0.2, 0) is 10.8 Å². The maximum absolute atomic E-state index is 4.02. The van der Waals surface area contributed by atoms with E-state index in [2.05, 4.69) is 250 Å². The van der Waals surface area contributed by atoms with Crippen LogP contribution < -0.4 is 4.90 Å². The Morgan fingerprint density at radius 2 is 1.06 bits per heavy atom. The predicted octanol–water partition coefficient (Wildman–Crippen LogP) is 18.0. The fraction of sp³-hybridized carbons (Fsp3) is 0.101. The van der Waals surface area contributed by atoms with E-state index in [1.165, 1.54) is 84.3 Å². The Morgan fingerprint density at radius 1 is 0.500 bits per heavy atom. The second kappa shape index (κ2) is 16.2. The first kappa shape index (κ1) is 41.9. The third-order valence-electron chi connectivity index (χ3n) is 16.0. The molecule has 2 unspecified atom stereocenters. The Morgan fingerprint density at radius 3 is 1.77 bits per heavy atom. The van der Waals surface area contributed by atoms with Gasteiger partial charge in [-0.05, 0) is 161 Å². The highest BCUT2D eigenvalue weighted by molar-refractivity contribution is 5.92. The summed E-state index contributed by atoms with van der Waals surface area (Å²) in [5, 5.41) is 0. The Kier molecular flexibility index (Phi) is 9.68. The smallest absolute Gasteiger partial charge is 0.0713 e. The van der Waals surface area contributed by atoms with Gasteiger partial charge in [0.05, 0.1) is 5.41 Å². The zero-order valence-corrected chi connectivity index (χ0v) is 39.7. The largest absolute Gasteiger partial charge is 0.310 e. The van der Waals surface area contributed by atoms with Crippen molar-refractivity contribution in [3.63, 3.8) is 0 Å². The van der Waals surface area contributed by atoms with Gasteiger partial charge in [-0.1, -0.05) is 221 Å². The van der Waals surface area contributed by atoms with Crippen LogP contribution in [0.25, 0.3) is 56.2 Å². The summed E-state index contributed by atoms with van der Waals surface area (Å²) >= 11 is 0. The fourth-order valence-corrected chi connectivity index (χ4v) is 12.4. The van der Waals surface area contributed by atoms with Crippen LogP contribution in [0.5, 0.6) is 0 Å². The van der Waals surface area contributed by atoms with Crippen molar-refractivity contribution in [2.75, 3.05) is 4.90 Å². The third-order valence-corrected chi connectivity index (χ3v) is 16.0. The Hall–Kier alpha value is -8.26. The predicted molar refractivity (Wildman–Crippen MR) is 295 cm³/mol. The molecule has 9 aromatic carbocycles. The van der Waals surface area contributed by atoms with Crippen molar-refractivity contribution in [3.05, 3.63) is 294 Å². The molecule has 70 heavy (non-hydrogen) atoms. The van der Waals surface area contributed by atoms with Gasteiger partial charge in [0.2, 0.25) is 0 Å². The molecule has 4 aliphatic carbocycles. The lowest BCUT2D eigenvalue weighted by atomic mass is 9.68. The highest BCUT2D eigenvalue weighted by Gasteiger charge is 2.46. The zero-order chi connectivity index (χ0) is 47.1. The first-order chi connectivity index (χ1) is 34.3. The van der Waals surface area contributed by atoms with E-state index >= 15 is 0 Å². The molecule has 0 saturated heterocycles. The lowest BCUT2D eigenvalue weighted by Crippen LogP contribution is -2.28. The average Bonchev–Trinajstić information content (AvgIpc) is 4.12. The van der Waals surface area contributed by atoms with Gasteiger partial charge in [0.1, 0.15) is 0 Å². The van der Waals surface area contributed by atoms with Crippen molar-refractivity contribution in [1.82, 2.24) is 0 Å². The number of rotatable bonds is 10. The molecular weight excluding hydrogens is 843 g/mol. The van der Waals surface area contributed by atoms with Crippen LogP contribution in [0, 0.1) is 5.92 Å². The molecule has 4 aliphatic rings. The molecule has 0 aromatic heterocycles. The normalized spacial score (nSPS) is 17.0. The minimum atomic E-state index is -0.471. The number of fused-ring (bicyclic) bond motifs is 9. The van der Waals surface area contributed by atoms with E-state index in [1.54, 1.807) is 0 Å². The molecule has 0 N–H and O–H groups in total. The van der Waals surface area contributed by atoms with Crippen molar-refractivity contribution in [2.45, 2.75) is 37.0 Å². The van der Waals surface area contributed by atoms with E-state index in [4.69, 9.17) is 0 Å². The van der Waals surface area contributed by atoms with E-state index in [0.717, 1.165) is 45.2 Å². The van der Waals surface area contributed by atoms with E-state index in [0.29, 0.717) is 5.92 Å². The second-order valence-corrected chi connectivity index (χ2v) is 20.1. The molecule has 0 aliphatic heterocycles. The molecule has 1 saturated carbocycles. The van der Waals surface area contributed by atoms with Crippen LogP contribution in [0.1, 0.15) is 76.3 Å². The molecular formula is C69H53N. The van der Waals surface area contributed by atoms with Crippen LogP contribution in [0.4, 0.5) is 17.1 Å². The molecule has 1 fully saturated rings. The standard InChI is InChI=1S/C69H53N/c1-5-15-45(6-2)46-22-24-47(25-23-46)48-30-33-55(34-31-48)70(56-36-39-65-63(43-56)58-20-13-14-21-64(58)69(65,53-16-9-7-10-17-53)54-18-11-8-12-19-54)57-35-38-60-59-37-32-51(42-66(59)68(3,4)67(60)44-57)50-28-26-49-27-29-52-41-62(52)61(49)40-50/h5-40,42-44,52,62H,1-2,41H2,3-4H3/b45-15+. The molecule has 0 spiro atoms. The summed E-state index contributed by atoms with van der Waals surface area (Å²) in [5.41, 5.74) is 25.7. The first-order valence-electron chi connectivity index (χ1n) is 24.8. The number of benzene rings is 9. The van der Waals surface area contributed by atoms with Crippen LogP contribution in [0.15, 0.2) is 244 Å². The summed E-state index contributed by atoms with van der Waals surface area (Å²) in [5.74, 6) is 1.41. The summed E-state index contributed by atoms with van der Waals surface area (Å²) in [6.07, 6.45) is 11.7. The van der Waals surface area contributed by atoms with E-state index < -0.39 is 5.41 Å². The molecule has 9 aromatic rings. The quantitative estimate of drug-likeness (QED) is 0.124. The Labute approximate surface area is 412 Å². The van der Waals surface area contributed by atoms with Gasteiger partial charge in [0.25, 0.3) is 0 Å². The lowest BCUT2D eigenvalue weighted by Gasteiger charge is -2.34. The minimum absolute atomic E-state index is 0.217. The van der Waals surface area contributed by atoms with Gasteiger partial charge < -0.3 is 4.90 Å². The highest BCUT2D eigenvalue weighted by Crippen LogP contribution is 2.58. The molecule has 334 valence electrons. The average molecular weight is 896 g/mol. The molecule has 2 atom stereocenters. The van der Waals surface area contributed by atoms with Gasteiger partial charge >= 0.3 is 0 Å². The van der Waals surface area contributed by atoms with Crippen molar-refractivity contribution in [3.8, 4) is 44.5 Å². The summed E-state index contributed by atoms with van der Waals surface area (Å²) in [4.78, 5) is 2.47. The van der Waals surface area contributed by atoms with Crippen molar-refractivity contribution >= 4 is 28.7 Å². The van der Waals surface area contributed by atoms with E-state index in [1.807, 2.05) is 18.2 Å². The van der Waals surface area contributed by atoms with Crippen LogP contribution in [0.3, 0.4) is 0 Å². The summed E-state index contributed by atoms with van der Waals surface area (Å²) in [6, 6.07) is 77.7. The van der Waals surface area contributed by atoms with Gasteiger partial charge in [0.15, 0.2) is 0 Å². The van der Waals surface area contributed by atoms with E-state index in [9.17, 15) is 0 Å². The van der Waals surface area contributed by atoms with Crippen LogP contribution in [0.2, 0.25) is 0 Å². The first-order valence-corrected chi connectivity index (χ1v) is 24.8. The van der Waals surface area contributed by atoms with Crippen LogP contribution >= 0.6 is 0 Å². The van der Waals surface area contributed by atoms with Gasteiger partial charge in [-0.15, -0.1) is 0 Å². The van der Waals surface area contributed by atoms with Gasteiger partial charge in [-0.3, -0.25) is 0 Å². The van der Waals surface area contributed by atoms with Crippen molar-refractivity contribution in [2.24, 2.45) is 5.92 Å². The molecule has 0 heterocycles. The monoisotopic (exact) mass is 895 g/mol. The number of allylic oxidation sites excluding steroid dienone is 5. The minimum Gasteiger partial charge on any atom is -0.310 e.